The normalized spacial score (nSPS) is 56.4. The topological polar surface area (TPSA) is 177 Å². The van der Waals surface area contributed by atoms with E-state index in [-0.39, 0.29) is 34.0 Å². The smallest absolute Gasteiger partial charge is 0.315 e. The van der Waals surface area contributed by atoms with Crippen LogP contribution in [0, 0.1) is 50.7 Å². The second kappa shape index (κ2) is 10.9. The van der Waals surface area contributed by atoms with Gasteiger partial charge in [0.25, 0.3) is 0 Å². The third-order valence-electron chi connectivity index (χ3n) is 15.5. The van der Waals surface area contributed by atoms with Crippen molar-refractivity contribution >= 4 is 5.97 Å². The second-order valence-electron chi connectivity index (χ2n) is 17.7. The van der Waals surface area contributed by atoms with Crippen LogP contribution >= 0.6 is 0 Å². The van der Waals surface area contributed by atoms with Gasteiger partial charge < -0.3 is 45.2 Å². The molecule has 0 aromatic heterocycles. The zero-order chi connectivity index (χ0) is 34.0. The van der Waals surface area contributed by atoms with E-state index in [2.05, 4.69) is 40.7 Å². The molecule has 6 rings (SSSR count). The van der Waals surface area contributed by atoms with E-state index in [0.29, 0.717) is 32.1 Å². The van der Waals surface area contributed by atoms with Gasteiger partial charge in [-0.15, -0.1) is 0 Å². The van der Waals surface area contributed by atoms with E-state index >= 15 is 0 Å². The number of aliphatic hydroxyl groups excluding tert-OH is 6. The molecule has 10 heteroatoms. The standard InChI is InChI=1S/C36H58O10/c1-18-10-13-36(30(43)46-29-26(41)25(40)24(39)21(17-37)45-29)15-14-33(5)19(27(36)35(18,7)44)8-9-23-32(4)16-20(38)28(42)31(2,3)22(32)11-12-34(23,33)6/h8,18,20-29,37-42,44H,9-17H2,1-7H3/t18-,20-,21-,22-,23-,24-,25+,26-,27-,28-,29+,32+,33-,34-,35-,36+/m1/s1. The summed E-state index contributed by atoms with van der Waals surface area (Å²) in [6.45, 7) is 14.4. The van der Waals surface area contributed by atoms with Crippen LogP contribution in [0.4, 0.5) is 0 Å². The maximum atomic E-state index is 14.5. The summed E-state index contributed by atoms with van der Waals surface area (Å²) in [5.74, 6) is -0.787. The molecular weight excluding hydrogens is 592 g/mol. The van der Waals surface area contributed by atoms with Crippen molar-refractivity contribution < 1.29 is 50.0 Å². The number of esters is 1. The molecule has 1 saturated heterocycles. The van der Waals surface area contributed by atoms with E-state index in [4.69, 9.17) is 9.47 Å². The summed E-state index contributed by atoms with van der Waals surface area (Å²) in [7, 11) is 0. The molecule has 16 atom stereocenters. The van der Waals surface area contributed by atoms with Crippen LogP contribution in [0.5, 0.6) is 0 Å². The number of hydrogen-bond donors (Lipinski definition) is 7. The lowest BCUT2D eigenvalue weighted by Crippen LogP contribution is -2.69. The van der Waals surface area contributed by atoms with E-state index in [1.165, 1.54) is 0 Å². The van der Waals surface area contributed by atoms with Crippen LogP contribution in [0.1, 0.15) is 99.8 Å². The van der Waals surface area contributed by atoms with Gasteiger partial charge in [-0.25, -0.2) is 0 Å². The molecule has 4 saturated carbocycles. The summed E-state index contributed by atoms with van der Waals surface area (Å²) in [5.41, 5.74) is -2.44. The van der Waals surface area contributed by atoms with E-state index < -0.39 is 77.8 Å². The Labute approximate surface area is 273 Å². The van der Waals surface area contributed by atoms with Gasteiger partial charge in [0.05, 0.1) is 29.8 Å². The molecular formula is C36H58O10. The van der Waals surface area contributed by atoms with Gasteiger partial charge in [0, 0.05) is 5.92 Å². The Bertz CT molecular complexity index is 1250. The molecule has 10 nitrogen and oxygen atoms in total. The summed E-state index contributed by atoms with van der Waals surface area (Å²) >= 11 is 0. The lowest BCUT2D eigenvalue weighted by molar-refractivity contribution is -0.299. The van der Waals surface area contributed by atoms with E-state index in [9.17, 15) is 40.5 Å². The van der Waals surface area contributed by atoms with Crippen LogP contribution in [-0.4, -0.2) is 96.8 Å². The Morgan fingerprint density at radius 2 is 1.59 bits per heavy atom. The number of aliphatic hydroxyl groups is 7. The fourth-order valence-electron chi connectivity index (χ4n) is 12.4. The van der Waals surface area contributed by atoms with Gasteiger partial charge in [-0.2, -0.15) is 0 Å². The Morgan fingerprint density at radius 3 is 2.24 bits per heavy atom. The van der Waals surface area contributed by atoms with Crippen LogP contribution in [0.25, 0.3) is 0 Å². The van der Waals surface area contributed by atoms with Gasteiger partial charge in [-0.1, -0.05) is 53.2 Å². The first kappa shape index (κ1) is 34.7. The molecule has 262 valence electrons. The number of fused-ring (bicyclic) bond motifs is 7. The molecule has 0 amide bonds. The van der Waals surface area contributed by atoms with Crippen LogP contribution in [0.2, 0.25) is 0 Å². The quantitative estimate of drug-likeness (QED) is 0.177. The summed E-state index contributed by atoms with van der Waals surface area (Å²) < 4.78 is 11.5. The van der Waals surface area contributed by atoms with Gasteiger partial charge in [-0.3, -0.25) is 4.79 Å². The zero-order valence-corrected chi connectivity index (χ0v) is 28.6. The Balaban J connectivity index is 1.39. The zero-order valence-electron chi connectivity index (χ0n) is 28.6. The third kappa shape index (κ3) is 4.39. The lowest BCUT2D eigenvalue weighted by Gasteiger charge is -2.72. The van der Waals surface area contributed by atoms with Gasteiger partial charge in [0.15, 0.2) is 0 Å². The van der Waals surface area contributed by atoms with Crippen molar-refractivity contribution in [2.24, 2.45) is 50.7 Å². The molecule has 0 aromatic carbocycles. The Kier molecular flexibility index (Phi) is 8.27. The van der Waals surface area contributed by atoms with Crippen molar-refractivity contribution in [2.75, 3.05) is 6.61 Å². The van der Waals surface area contributed by atoms with E-state index in [1.54, 1.807) is 0 Å². The highest BCUT2D eigenvalue weighted by molar-refractivity contribution is 5.79. The van der Waals surface area contributed by atoms with Crippen molar-refractivity contribution in [3.63, 3.8) is 0 Å². The molecule has 5 fully saturated rings. The van der Waals surface area contributed by atoms with Crippen LogP contribution in [0.3, 0.4) is 0 Å². The third-order valence-corrected chi connectivity index (χ3v) is 15.5. The van der Waals surface area contributed by atoms with Gasteiger partial charge in [-0.05, 0) is 97.7 Å². The highest BCUT2D eigenvalue weighted by Crippen LogP contribution is 2.76. The first-order chi connectivity index (χ1) is 21.2. The first-order valence-corrected chi connectivity index (χ1v) is 17.5. The minimum Gasteiger partial charge on any atom is -0.432 e. The molecule has 5 aliphatic carbocycles. The minimum absolute atomic E-state index is 0.0940. The molecule has 0 bridgehead atoms. The summed E-state index contributed by atoms with van der Waals surface area (Å²) in [6, 6.07) is 0. The summed E-state index contributed by atoms with van der Waals surface area (Å²) in [5, 5.41) is 75.6. The fraction of sp³-hybridized carbons (Fsp3) is 0.917. The molecule has 1 aliphatic heterocycles. The number of carbonyl (C=O) groups is 1. The largest absolute Gasteiger partial charge is 0.432 e. The summed E-state index contributed by atoms with van der Waals surface area (Å²) in [4.78, 5) is 14.5. The fourth-order valence-corrected chi connectivity index (χ4v) is 12.4. The van der Waals surface area contributed by atoms with Crippen molar-refractivity contribution in [1.82, 2.24) is 0 Å². The highest BCUT2D eigenvalue weighted by Gasteiger charge is 2.72. The molecule has 0 aromatic rings. The molecule has 0 unspecified atom stereocenters. The molecule has 7 N–H and O–H groups in total. The van der Waals surface area contributed by atoms with E-state index in [1.807, 2.05) is 13.8 Å². The second-order valence-corrected chi connectivity index (χ2v) is 17.7. The van der Waals surface area contributed by atoms with Gasteiger partial charge in [0.1, 0.15) is 24.4 Å². The average molecular weight is 651 g/mol. The predicted molar refractivity (Wildman–Crippen MR) is 168 cm³/mol. The number of ether oxygens (including phenoxy) is 2. The number of rotatable bonds is 3. The molecule has 46 heavy (non-hydrogen) atoms. The Morgan fingerprint density at radius 1 is 0.913 bits per heavy atom. The average Bonchev–Trinajstić information content (AvgIpc) is 2.98. The highest BCUT2D eigenvalue weighted by atomic mass is 16.7. The Hall–Kier alpha value is -1.11. The number of allylic oxidation sites excluding steroid dienone is 1. The van der Waals surface area contributed by atoms with Gasteiger partial charge >= 0.3 is 5.97 Å². The molecule has 6 aliphatic rings. The van der Waals surface area contributed by atoms with Gasteiger partial charge in [0.2, 0.25) is 6.29 Å². The van der Waals surface area contributed by atoms with Crippen molar-refractivity contribution in [1.29, 1.82) is 0 Å². The monoisotopic (exact) mass is 650 g/mol. The lowest BCUT2D eigenvalue weighted by atomic mass is 9.33. The van der Waals surface area contributed by atoms with Crippen molar-refractivity contribution in [2.45, 2.75) is 148 Å². The summed E-state index contributed by atoms with van der Waals surface area (Å²) in [6.07, 6.45) is -1.65. The van der Waals surface area contributed by atoms with Crippen molar-refractivity contribution in [3.8, 4) is 0 Å². The number of hydrogen-bond acceptors (Lipinski definition) is 10. The van der Waals surface area contributed by atoms with Crippen LogP contribution in [0.15, 0.2) is 11.6 Å². The molecule has 0 spiro atoms. The SMILES string of the molecule is C[C@@H]1CC[C@]2(C(=O)O[C@@H]3O[C@H](CO)[C@@H](O)[C@H](O)[C@H]3O)CC[C@]3(C)C(=CC[C@@H]4[C@@]5(C)C[C@@H](O)[C@@H](O)C(C)(C)[C@H]5CC[C@]43C)[C@@H]2[C@]1(C)O. The van der Waals surface area contributed by atoms with Crippen molar-refractivity contribution in [3.05, 3.63) is 11.6 Å². The van der Waals surface area contributed by atoms with E-state index in [0.717, 1.165) is 24.8 Å². The molecule has 1 heterocycles. The molecule has 0 radical (unpaired) electrons. The van der Waals surface area contributed by atoms with Crippen LogP contribution in [-0.2, 0) is 14.3 Å². The maximum absolute atomic E-state index is 14.5. The van der Waals surface area contributed by atoms with Crippen LogP contribution < -0.4 is 0 Å². The predicted octanol–water partition coefficient (Wildman–Crippen LogP) is 2.43. The first-order valence-electron chi connectivity index (χ1n) is 17.5. The minimum atomic E-state index is -1.70. The maximum Gasteiger partial charge on any atom is 0.315 e. The number of carbonyl (C=O) groups excluding carboxylic acids is 1.